The quantitative estimate of drug-likeness (QED) is 0.470. The number of benzene rings is 2. The number of carbonyl (C=O) groups is 1. The maximum absolute atomic E-state index is 13.0. The van der Waals surface area contributed by atoms with Crippen LogP contribution in [0.15, 0.2) is 53.4 Å². The first kappa shape index (κ1) is 20.8. The third-order valence-electron chi connectivity index (χ3n) is 4.75. The van der Waals surface area contributed by atoms with E-state index in [1.165, 1.54) is 36.2 Å². The molecule has 0 bridgehead atoms. The molecule has 156 valence electrons. The summed E-state index contributed by atoms with van der Waals surface area (Å²) in [6.45, 7) is 0. The van der Waals surface area contributed by atoms with Crippen molar-refractivity contribution in [2.24, 2.45) is 0 Å². The van der Waals surface area contributed by atoms with E-state index in [-0.39, 0.29) is 10.8 Å². The van der Waals surface area contributed by atoms with Gasteiger partial charge in [-0.2, -0.15) is 0 Å². The van der Waals surface area contributed by atoms with Crippen molar-refractivity contribution in [2.45, 2.75) is 4.90 Å². The summed E-state index contributed by atoms with van der Waals surface area (Å²) in [7, 11) is 3.05. The molecule has 0 radical (unpaired) electrons. The number of anilines is 2. The van der Waals surface area contributed by atoms with Crippen molar-refractivity contribution in [3.05, 3.63) is 53.4 Å². The van der Waals surface area contributed by atoms with E-state index in [0.29, 0.717) is 10.6 Å². The second-order valence-corrected chi connectivity index (χ2v) is 11.5. The third kappa shape index (κ3) is 3.58. The Morgan fingerprint density at radius 1 is 0.933 bits per heavy atom. The van der Waals surface area contributed by atoms with Crippen LogP contribution in [0, 0.1) is 0 Å². The van der Waals surface area contributed by atoms with E-state index < -0.39 is 10.0 Å². The molecule has 4 aromatic rings. The monoisotopic (exact) mass is 459 g/mol. The molecule has 1 N–H and O–H groups in total. The van der Waals surface area contributed by atoms with E-state index in [1.807, 2.05) is 37.2 Å². The number of nitrogens with zero attached hydrogens (tertiary/aromatic N) is 2. The van der Waals surface area contributed by atoms with E-state index in [9.17, 15) is 13.2 Å². The summed E-state index contributed by atoms with van der Waals surface area (Å²) in [4.78, 5) is 15.6. The van der Waals surface area contributed by atoms with Crippen LogP contribution < -0.4 is 10.2 Å². The Bertz CT molecular complexity index is 1370. The topological polar surface area (TPSA) is 69.7 Å². The van der Waals surface area contributed by atoms with Crippen LogP contribution in [-0.2, 0) is 10.0 Å². The van der Waals surface area contributed by atoms with Crippen molar-refractivity contribution in [3.8, 4) is 0 Å². The third-order valence-corrected chi connectivity index (χ3v) is 8.98. The number of fused-ring (bicyclic) bond motifs is 3. The Morgan fingerprint density at radius 3 is 2.37 bits per heavy atom. The molecule has 0 fully saturated rings. The Balaban J connectivity index is 1.72. The van der Waals surface area contributed by atoms with Crippen LogP contribution in [0.25, 0.3) is 19.5 Å². The number of rotatable bonds is 5. The molecule has 0 aliphatic heterocycles. The van der Waals surface area contributed by atoms with Crippen molar-refractivity contribution in [2.75, 3.05) is 38.4 Å². The van der Waals surface area contributed by atoms with Crippen molar-refractivity contribution < 1.29 is 13.2 Å². The summed E-state index contributed by atoms with van der Waals surface area (Å²) in [5.74, 6) is -0.255. The van der Waals surface area contributed by atoms with Crippen LogP contribution in [-0.4, -0.2) is 46.8 Å². The summed E-state index contributed by atoms with van der Waals surface area (Å²) in [5, 5.41) is 4.06. The smallest absolute Gasteiger partial charge is 0.265 e. The van der Waals surface area contributed by atoms with E-state index in [0.717, 1.165) is 24.8 Å². The molecule has 0 saturated carbocycles. The highest BCUT2D eigenvalue weighted by Gasteiger charge is 2.21. The number of hydrogen-bond donors (Lipinski definition) is 1. The van der Waals surface area contributed by atoms with Crippen LogP contribution in [0.1, 0.15) is 9.67 Å². The molecule has 1 amide bonds. The number of sulfonamides is 1. The second kappa shape index (κ2) is 7.66. The zero-order valence-electron chi connectivity index (χ0n) is 17.0. The maximum atomic E-state index is 13.0. The normalized spacial score (nSPS) is 12.0. The summed E-state index contributed by atoms with van der Waals surface area (Å²) in [6, 6.07) is 14.8. The molecule has 0 unspecified atom stereocenters. The first-order valence-corrected chi connectivity index (χ1v) is 12.2. The van der Waals surface area contributed by atoms with Crippen LogP contribution in [0.3, 0.4) is 0 Å². The minimum absolute atomic E-state index is 0.131. The van der Waals surface area contributed by atoms with Gasteiger partial charge in [0.25, 0.3) is 5.91 Å². The molecule has 2 aromatic carbocycles. The lowest BCUT2D eigenvalue weighted by molar-refractivity contribution is 0.103. The Kier molecular flexibility index (Phi) is 5.31. The van der Waals surface area contributed by atoms with E-state index in [1.54, 1.807) is 23.5 Å². The van der Waals surface area contributed by atoms with Crippen molar-refractivity contribution >= 4 is 69.5 Å². The van der Waals surface area contributed by atoms with Crippen LogP contribution >= 0.6 is 22.7 Å². The van der Waals surface area contributed by atoms with Gasteiger partial charge in [0, 0.05) is 43.0 Å². The van der Waals surface area contributed by atoms with Crippen LogP contribution in [0.5, 0.6) is 0 Å². The molecule has 9 heteroatoms. The lowest BCUT2D eigenvalue weighted by Crippen LogP contribution is -2.23. The summed E-state index contributed by atoms with van der Waals surface area (Å²) in [6.07, 6.45) is 0. The zero-order valence-corrected chi connectivity index (χ0v) is 19.4. The molecule has 0 aliphatic carbocycles. The zero-order chi connectivity index (χ0) is 21.6. The standard InChI is InChI=1S/C21H21N3O3S3/c1-23(2)16-10-9-13(30(26,27)24(3)4)11-15(16)22-21(25)19-12-18-20(29-19)14-7-5-6-8-17(14)28-18/h5-12H,1-4H3,(H,22,25). The first-order chi connectivity index (χ1) is 14.2. The molecule has 0 spiro atoms. The second-order valence-electron chi connectivity index (χ2n) is 7.22. The Hall–Kier alpha value is -2.46. The van der Waals surface area contributed by atoms with Crippen LogP contribution in [0.4, 0.5) is 11.4 Å². The van der Waals surface area contributed by atoms with Gasteiger partial charge in [-0.15, -0.1) is 22.7 Å². The molecule has 0 aliphatic rings. The predicted molar refractivity (Wildman–Crippen MR) is 127 cm³/mol. The van der Waals surface area contributed by atoms with E-state index >= 15 is 0 Å². The highest BCUT2D eigenvalue weighted by Crippen LogP contribution is 2.39. The average Bonchev–Trinajstić information content (AvgIpc) is 3.25. The molecule has 4 rings (SSSR count). The van der Waals surface area contributed by atoms with Gasteiger partial charge in [0.2, 0.25) is 10.0 Å². The lowest BCUT2D eigenvalue weighted by atomic mass is 10.2. The first-order valence-electron chi connectivity index (χ1n) is 9.15. The van der Waals surface area contributed by atoms with Crippen LogP contribution in [0.2, 0.25) is 0 Å². The summed E-state index contributed by atoms with van der Waals surface area (Å²) >= 11 is 3.11. The fourth-order valence-electron chi connectivity index (χ4n) is 3.17. The molecule has 0 atom stereocenters. The van der Waals surface area contributed by atoms with Gasteiger partial charge in [-0.25, -0.2) is 12.7 Å². The molecule has 2 heterocycles. The SMILES string of the molecule is CN(C)c1ccc(S(=O)(=O)N(C)C)cc1NC(=O)c1cc2sc3ccccc3c2s1. The number of amides is 1. The van der Waals surface area contributed by atoms with Gasteiger partial charge < -0.3 is 10.2 Å². The van der Waals surface area contributed by atoms with E-state index in [4.69, 9.17) is 0 Å². The van der Waals surface area contributed by atoms with Gasteiger partial charge in [0.15, 0.2) is 0 Å². The van der Waals surface area contributed by atoms with Gasteiger partial charge in [0.05, 0.1) is 25.8 Å². The van der Waals surface area contributed by atoms with Gasteiger partial charge in [-0.3, -0.25) is 4.79 Å². The fraction of sp³-hybridized carbons (Fsp3) is 0.190. The summed E-state index contributed by atoms with van der Waals surface area (Å²) < 4.78 is 29.6. The average molecular weight is 460 g/mol. The van der Waals surface area contributed by atoms with E-state index in [2.05, 4.69) is 17.4 Å². The largest absolute Gasteiger partial charge is 0.376 e. The minimum atomic E-state index is -3.61. The Morgan fingerprint density at radius 2 is 1.67 bits per heavy atom. The fourth-order valence-corrected chi connectivity index (χ4v) is 6.52. The predicted octanol–water partition coefficient (Wildman–Crippen LogP) is 4.68. The Labute approximate surface area is 183 Å². The molecule has 2 aromatic heterocycles. The molecule has 0 saturated heterocycles. The molecule has 30 heavy (non-hydrogen) atoms. The van der Waals surface area contributed by atoms with Gasteiger partial charge >= 0.3 is 0 Å². The maximum Gasteiger partial charge on any atom is 0.265 e. The van der Waals surface area contributed by atoms with Crippen molar-refractivity contribution in [1.29, 1.82) is 0 Å². The van der Waals surface area contributed by atoms with Crippen molar-refractivity contribution in [1.82, 2.24) is 4.31 Å². The number of thiophene rings is 2. The summed E-state index contributed by atoms with van der Waals surface area (Å²) in [5.41, 5.74) is 1.18. The highest BCUT2D eigenvalue weighted by atomic mass is 32.2. The molecule has 6 nitrogen and oxygen atoms in total. The number of hydrogen-bond acceptors (Lipinski definition) is 6. The number of nitrogens with one attached hydrogen (secondary N) is 1. The lowest BCUT2D eigenvalue weighted by Gasteiger charge is -2.20. The van der Waals surface area contributed by atoms with Gasteiger partial charge in [0.1, 0.15) is 0 Å². The molecular weight excluding hydrogens is 438 g/mol. The highest BCUT2D eigenvalue weighted by molar-refractivity contribution is 7.89. The minimum Gasteiger partial charge on any atom is -0.376 e. The van der Waals surface area contributed by atoms with Gasteiger partial charge in [-0.05, 0) is 30.3 Å². The van der Waals surface area contributed by atoms with Crippen molar-refractivity contribution in [3.63, 3.8) is 0 Å². The molecular formula is C21H21N3O3S3. The van der Waals surface area contributed by atoms with Gasteiger partial charge in [-0.1, -0.05) is 18.2 Å². The number of carbonyl (C=O) groups excluding carboxylic acids is 1.